The molecule has 1 aliphatic heterocycles. The minimum atomic E-state index is -0.0389. The highest BCUT2D eigenvalue weighted by Crippen LogP contribution is 2.26. The number of carbonyl (C=O) groups is 1. The summed E-state index contributed by atoms with van der Waals surface area (Å²) in [6, 6.07) is 7.71. The fourth-order valence-electron chi connectivity index (χ4n) is 2.66. The summed E-state index contributed by atoms with van der Waals surface area (Å²) in [5, 5.41) is 14.4. The molecule has 1 aromatic carbocycles. The van der Waals surface area contributed by atoms with E-state index in [2.05, 4.69) is 20.8 Å². The lowest BCUT2D eigenvalue weighted by Crippen LogP contribution is -2.43. The standard InChI is InChI=1S/C16H21N5O2/c1-2-21-11-18-20-16(21)13-5-3-4-6-14(13)19-15(22)9-12-10-23-8-7-17-12/h3-6,11-12,17H,2,7-10H2,1H3,(H,19,22). The number of carbonyl (C=O) groups excluding carboxylic acids is 1. The van der Waals surface area contributed by atoms with E-state index >= 15 is 0 Å². The molecule has 3 rings (SSSR count). The Bertz CT molecular complexity index is 664. The second-order valence-electron chi connectivity index (χ2n) is 5.46. The molecular weight excluding hydrogens is 294 g/mol. The van der Waals surface area contributed by atoms with Gasteiger partial charge in [-0.1, -0.05) is 12.1 Å². The Kier molecular flexibility index (Phi) is 4.99. The Morgan fingerprint density at radius 2 is 2.35 bits per heavy atom. The van der Waals surface area contributed by atoms with Crippen molar-refractivity contribution >= 4 is 11.6 Å². The molecule has 7 heteroatoms. The second kappa shape index (κ2) is 7.34. The second-order valence-corrected chi connectivity index (χ2v) is 5.46. The van der Waals surface area contributed by atoms with Crippen molar-refractivity contribution in [3.63, 3.8) is 0 Å². The highest BCUT2D eigenvalue weighted by molar-refractivity contribution is 5.95. The van der Waals surface area contributed by atoms with Crippen LogP contribution in [0, 0.1) is 0 Å². The number of aryl methyl sites for hydroxylation is 1. The molecule has 1 aliphatic rings. The number of rotatable bonds is 5. The van der Waals surface area contributed by atoms with Crippen LogP contribution in [0.3, 0.4) is 0 Å². The van der Waals surface area contributed by atoms with Gasteiger partial charge in [0.05, 0.1) is 18.9 Å². The van der Waals surface area contributed by atoms with E-state index < -0.39 is 0 Å². The molecular formula is C16H21N5O2. The largest absolute Gasteiger partial charge is 0.378 e. The lowest BCUT2D eigenvalue weighted by atomic mass is 10.1. The van der Waals surface area contributed by atoms with Gasteiger partial charge in [-0.25, -0.2) is 0 Å². The molecule has 0 bridgehead atoms. The summed E-state index contributed by atoms with van der Waals surface area (Å²) in [5.41, 5.74) is 1.62. The third kappa shape index (κ3) is 3.75. The number of morpholine rings is 1. The van der Waals surface area contributed by atoms with Crippen LogP contribution in [0.1, 0.15) is 13.3 Å². The smallest absolute Gasteiger partial charge is 0.226 e. The van der Waals surface area contributed by atoms with E-state index in [0.29, 0.717) is 19.6 Å². The molecule has 2 N–H and O–H groups in total. The average Bonchev–Trinajstić information content (AvgIpc) is 3.04. The topological polar surface area (TPSA) is 81.1 Å². The van der Waals surface area contributed by atoms with Gasteiger partial charge in [-0.3, -0.25) is 4.79 Å². The first-order valence-corrected chi connectivity index (χ1v) is 7.86. The molecule has 0 spiro atoms. The third-order valence-electron chi connectivity index (χ3n) is 3.83. The lowest BCUT2D eigenvalue weighted by molar-refractivity contribution is -0.117. The van der Waals surface area contributed by atoms with Crippen LogP contribution in [-0.2, 0) is 16.1 Å². The van der Waals surface area contributed by atoms with Gasteiger partial charge >= 0.3 is 0 Å². The van der Waals surface area contributed by atoms with Crippen molar-refractivity contribution < 1.29 is 9.53 Å². The minimum Gasteiger partial charge on any atom is -0.378 e. The Labute approximate surface area is 135 Å². The molecule has 122 valence electrons. The molecule has 1 amide bonds. The van der Waals surface area contributed by atoms with Crippen molar-refractivity contribution in [1.82, 2.24) is 20.1 Å². The molecule has 1 aromatic heterocycles. The predicted molar refractivity (Wildman–Crippen MR) is 87.0 cm³/mol. The highest BCUT2D eigenvalue weighted by atomic mass is 16.5. The van der Waals surface area contributed by atoms with E-state index in [-0.39, 0.29) is 11.9 Å². The normalized spacial score (nSPS) is 17.9. The molecule has 0 radical (unpaired) electrons. The molecule has 0 aliphatic carbocycles. The van der Waals surface area contributed by atoms with Crippen molar-refractivity contribution in [3.8, 4) is 11.4 Å². The molecule has 7 nitrogen and oxygen atoms in total. The van der Waals surface area contributed by atoms with Crippen LogP contribution >= 0.6 is 0 Å². The fourth-order valence-corrected chi connectivity index (χ4v) is 2.66. The summed E-state index contributed by atoms with van der Waals surface area (Å²) in [5.74, 6) is 0.713. The van der Waals surface area contributed by atoms with Gasteiger partial charge in [-0.2, -0.15) is 0 Å². The van der Waals surface area contributed by atoms with Crippen LogP contribution in [0.5, 0.6) is 0 Å². The maximum absolute atomic E-state index is 12.3. The zero-order chi connectivity index (χ0) is 16.1. The van der Waals surface area contributed by atoms with Gasteiger partial charge < -0.3 is 19.9 Å². The number of hydrogen-bond acceptors (Lipinski definition) is 5. The van der Waals surface area contributed by atoms with Gasteiger partial charge in [-0.15, -0.1) is 10.2 Å². The first kappa shape index (κ1) is 15.6. The first-order valence-electron chi connectivity index (χ1n) is 7.86. The third-order valence-corrected chi connectivity index (χ3v) is 3.83. The number of nitrogens with one attached hydrogen (secondary N) is 2. The zero-order valence-corrected chi connectivity index (χ0v) is 13.2. The van der Waals surface area contributed by atoms with Gasteiger partial charge in [0.2, 0.25) is 5.91 Å². The van der Waals surface area contributed by atoms with E-state index in [0.717, 1.165) is 30.2 Å². The molecule has 1 unspecified atom stereocenters. The number of anilines is 1. The van der Waals surface area contributed by atoms with Crippen molar-refractivity contribution in [2.45, 2.75) is 25.9 Å². The number of amides is 1. The van der Waals surface area contributed by atoms with Crippen LogP contribution < -0.4 is 10.6 Å². The number of ether oxygens (including phenoxy) is 1. The Hall–Kier alpha value is -2.25. The first-order chi connectivity index (χ1) is 11.3. The van der Waals surface area contributed by atoms with Crippen LogP contribution in [0.25, 0.3) is 11.4 Å². The summed E-state index contributed by atoms with van der Waals surface area (Å²) >= 11 is 0. The quantitative estimate of drug-likeness (QED) is 0.869. The van der Waals surface area contributed by atoms with Crippen molar-refractivity contribution in [2.75, 3.05) is 25.1 Å². The van der Waals surface area contributed by atoms with E-state index in [1.54, 1.807) is 6.33 Å². The zero-order valence-electron chi connectivity index (χ0n) is 13.2. The van der Waals surface area contributed by atoms with Crippen LogP contribution in [0.2, 0.25) is 0 Å². The van der Waals surface area contributed by atoms with Crippen molar-refractivity contribution in [1.29, 1.82) is 0 Å². The van der Waals surface area contributed by atoms with Gasteiger partial charge in [0, 0.05) is 31.1 Å². The fraction of sp³-hybridized carbons (Fsp3) is 0.438. The predicted octanol–water partition coefficient (Wildman–Crippen LogP) is 1.28. The van der Waals surface area contributed by atoms with Crippen LogP contribution in [0.4, 0.5) is 5.69 Å². The molecule has 0 saturated carbocycles. The maximum Gasteiger partial charge on any atom is 0.226 e. The number of hydrogen-bond donors (Lipinski definition) is 2. The Morgan fingerprint density at radius 3 is 3.13 bits per heavy atom. The number of para-hydroxylation sites is 1. The van der Waals surface area contributed by atoms with Crippen LogP contribution in [-0.4, -0.2) is 46.5 Å². The number of nitrogens with zero attached hydrogens (tertiary/aromatic N) is 3. The SMILES string of the molecule is CCn1cnnc1-c1ccccc1NC(=O)CC1COCCN1. The Balaban J connectivity index is 1.74. The van der Waals surface area contributed by atoms with Gasteiger partial charge in [0.15, 0.2) is 5.82 Å². The summed E-state index contributed by atoms with van der Waals surface area (Å²) in [6.45, 7) is 4.86. The minimum absolute atomic E-state index is 0.0389. The molecule has 1 atom stereocenters. The van der Waals surface area contributed by atoms with Gasteiger partial charge in [-0.05, 0) is 19.1 Å². The van der Waals surface area contributed by atoms with Crippen molar-refractivity contribution in [3.05, 3.63) is 30.6 Å². The molecule has 2 heterocycles. The number of aromatic nitrogens is 3. The van der Waals surface area contributed by atoms with E-state index in [1.165, 1.54) is 0 Å². The highest BCUT2D eigenvalue weighted by Gasteiger charge is 2.18. The van der Waals surface area contributed by atoms with Gasteiger partial charge in [0.1, 0.15) is 6.33 Å². The van der Waals surface area contributed by atoms with Crippen LogP contribution in [0.15, 0.2) is 30.6 Å². The Morgan fingerprint density at radius 1 is 1.48 bits per heavy atom. The monoisotopic (exact) mass is 315 g/mol. The summed E-state index contributed by atoms with van der Waals surface area (Å²) in [4.78, 5) is 12.3. The van der Waals surface area contributed by atoms with E-state index in [1.807, 2.05) is 35.8 Å². The average molecular weight is 315 g/mol. The maximum atomic E-state index is 12.3. The number of benzene rings is 1. The van der Waals surface area contributed by atoms with Crippen molar-refractivity contribution in [2.24, 2.45) is 0 Å². The molecule has 2 aromatic rings. The van der Waals surface area contributed by atoms with E-state index in [4.69, 9.17) is 4.74 Å². The van der Waals surface area contributed by atoms with Gasteiger partial charge in [0.25, 0.3) is 0 Å². The summed E-state index contributed by atoms with van der Waals surface area (Å²) < 4.78 is 7.33. The summed E-state index contributed by atoms with van der Waals surface area (Å²) in [6.07, 6.45) is 2.08. The molecule has 23 heavy (non-hydrogen) atoms. The lowest BCUT2D eigenvalue weighted by Gasteiger charge is -2.23. The molecule has 1 saturated heterocycles. The molecule has 1 fully saturated rings. The van der Waals surface area contributed by atoms with E-state index in [9.17, 15) is 4.79 Å². The summed E-state index contributed by atoms with van der Waals surface area (Å²) in [7, 11) is 0.